The van der Waals surface area contributed by atoms with E-state index in [0.29, 0.717) is 43.4 Å². The van der Waals surface area contributed by atoms with Crippen LogP contribution in [0.4, 0.5) is 0 Å². The largest absolute Gasteiger partial charge is 0.377 e. The predicted molar refractivity (Wildman–Crippen MR) is 90.9 cm³/mol. The van der Waals surface area contributed by atoms with Crippen molar-refractivity contribution in [1.82, 2.24) is 20.0 Å². The van der Waals surface area contributed by atoms with Crippen LogP contribution in [0.1, 0.15) is 33.3 Å². The minimum Gasteiger partial charge on any atom is -0.377 e. The van der Waals surface area contributed by atoms with Gasteiger partial charge in [-0.1, -0.05) is 5.16 Å². The Hall–Kier alpha value is -2.52. The summed E-state index contributed by atoms with van der Waals surface area (Å²) >= 11 is 0. The lowest BCUT2D eigenvalue weighted by Gasteiger charge is -2.32. The number of methoxy groups -OCH3 is 1. The molecule has 1 fully saturated rings. The fourth-order valence-corrected chi connectivity index (χ4v) is 3.06. The lowest BCUT2D eigenvalue weighted by Crippen LogP contribution is -2.47. The highest BCUT2D eigenvalue weighted by atomic mass is 16.5. The van der Waals surface area contributed by atoms with Crippen LogP contribution >= 0.6 is 0 Å². The topological polar surface area (TPSA) is 111 Å². The van der Waals surface area contributed by atoms with Crippen LogP contribution in [0.15, 0.2) is 15.4 Å². The Balaban J connectivity index is 1.70. The summed E-state index contributed by atoms with van der Waals surface area (Å²) in [6.45, 7) is 5.00. The van der Waals surface area contributed by atoms with Crippen molar-refractivity contribution in [2.75, 3.05) is 26.8 Å². The molecule has 1 N–H and O–H groups in total. The number of morpholine rings is 1. The number of carbonyl (C=O) groups excluding carboxylic acids is 1. The van der Waals surface area contributed by atoms with Gasteiger partial charge in [0.05, 0.1) is 19.1 Å². The summed E-state index contributed by atoms with van der Waals surface area (Å²) in [4.78, 5) is 33.6. The van der Waals surface area contributed by atoms with Gasteiger partial charge in [0, 0.05) is 25.9 Å². The zero-order valence-electron chi connectivity index (χ0n) is 15.1. The molecule has 3 rings (SSSR count). The number of amides is 1. The quantitative estimate of drug-likeness (QED) is 0.829. The minimum atomic E-state index is -0.364. The van der Waals surface area contributed by atoms with Gasteiger partial charge in [0.2, 0.25) is 5.89 Å². The lowest BCUT2D eigenvalue weighted by atomic mass is 10.1. The number of aromatic nitrogens is 3. The van der Waals surface area contributed by atoms with Gasteiger partial charge < -0.3 is 23.9 Å². The van der Waals surface area contributed by atoms with E-state index >= 15 is 0 Å². The molecule has 1 unspecified atom stereocenters. The van der Waals surface area contributed by atoms with Crippen LogP contribution in [0.25, 0.3) is 0 Å². The van der Waals surface area contributed by atoms with Gasteiger partial charge in [0.25, 0.3) is 11.5 Å². The lowest BCUT2D eigenvalue weighted by molar-refractivity contribution is -0.0238. The normalized spacial score (nSPS) is 17.5. The average Bonchev–Trinajstić information content (AvgIpc) is 3.01. The SMILES string of the molecule is COCc1noc(CC2CN(C(=O)c3c(C)cc(C)[nH]c3=O)CCO2)n1. The van der Waals surface area contributed by atoms with E-state index in [9.17, 15) is 9.59 Å². The fraction of sp³-hybridized carbons (Fsp3) is 0.529. The third-order valence-corrected chi connectivity index (χ3v) is 4.19. The molecule has 9 heteroatoms. The Labute approximate surface area is 150 Å². The van der Waals surface area contributed by atoms with Gasteiger partial charge in [-0.2, -0.15) is 4.98 Å². The first-order chi connectivity index (χ1) is 12.5. The van der Waals surface area contributed by atoms with Crippen molar-refractivity contribution in [2.24, 2.45) is 0 Å². The van der Waals surface area contributed by atoms with Gasteiger partial charge in [-0.25, -0.2) is 0 Å². The average molecular weight is 362 g/mol. The number of aryl methyl sites for hydroxylation is 2. The second kappa shape index (κ2) is 7.79. The summed E-state index contributed by atoms with van der Waals surface area (Å²) in [6, 6.07) is 1.79. The predicted octanol–water partition coefficient (Wildman–Crippen LogP) is 0.605. The molecule has 3 heterocycles. The molecule has 0 aromatic carbocycles. The highest BCUT2D eigenvalue weighted by molar-refractivity contribution is 5.95. The van der Waals surface area contributed by atoms with E-state index in [2.05, 4.69) is 15.1 Å². The molecule has 1 amide bonds. The Morgan fingerprint density at radius 3 is 3.00 bits per heavy atom. The summed E-state index contributed by atoms with van der Waals surface area (Å²) in [7, 11) is 1.55. The number of nitrogens with one attached hydrogen (secondary N) is 1. The third kappa shape index (κ3) is 4.00. The molecule has 0 radical (unpaired) electrons. The van der Waals surface area contributed by atoms with E-state index in [1.807, 2.05) is 0 Å². The Bertz CT molecular complexity index is 844. The summed E-state index contributed by atoms with van der Waals surface area (Å²) < 4.78 is 15.8. The van der Waals surface area contributed by atoms with E-state index in [0.717, 1.165) is 5.69 Å². The summed E-state index contributed by atoms with van der Waals surface area (Å²) in [5, 5.41) is 3.81. The molecule has 0 bridgehead atoms. The maximum atomic E-state index is 12.8. The molecule has 26 heavy (non-hydrogen) atoms. The maximum absolute atomic E-state index is 12.8. The number of rotatable bonds is 5. The van der Waals surface area contributed by atoms with Crippen molar-refractivity contribution in [1.29, 1.82) is 0 Å². The van der Waals surface area contributed by atoms with Crippen LogP contribution in [0, 0.1) is 13.8 Å². The minimum absolute atomic E-state index is 0.177. The second-order valence-electron chi connectivity index (χ2n) is 6.32. The highest BCUT2D eigenvalue weighted by Gasteiger charge is 2.28. The Morgan fingerprint density at radius 1 is 1.46 bits per heavy atom. The van der Waals surface area contributed by atoms with E-state index in [-0.39, 0.29) is 29.7 Å². The van der Waals surface area contributed by atoms with Crippen LogP contribution in [-0.4, -0.2) is 58.8 Å². The Morgan fingerprint density at radius 2 is 2.27 bits per heavy atom. The maximum Gasteiger partial charge on any atom is 0.261 e. The third-order valence-electron chi connectivity index (χ3n) is 4.19. The van der Waals surface area contributed by atoms with Crippen molar-refractivity contribution < 1.29 is 18.8 Å². The summed E-state index contributed by atoms with van der Waals surface area (Å²) in [5.41, 5.74) is 1.21. The molecule has 140 valence electrons. The number of nitrogens with zero attached hydrogens (tertiary/aromatic N) is 3. The van der Waals surface area contributed by atoms with Gasteiger partial charge in [-0.05, 0) is 25.5 Å². The molecule has 1 saturated heterocycles. The van der Waals surface area contributed by atoms with Crippen LogP contribution < -0.4 is 5.56 Å². The molecule has 2 aromatic heterocycles. The van der Waals surface area contributed by atoms with Crippen molar-refractivity contribution in [2.45, 2.75) is 33.0 Å². The number of aromatic amines is 1. The Kier molecular flexibility index (Phi) is 5.48. The molecule has 0 saturated carbocycles. The van der Waals surface area contributed by atoms with E-state index < -0.39 is 0 Å². The van der Waals surface area contributed by atoms with Crippen molar-refractivity contribution >= 4 is 5.91 Å². The molecule has 0 spiro atoms. The molecular weight excluding hydrogens is 340 g/mol. The number of carbonyl (C=O) groups is 1. The highest BCUT2D eigenvalue weighted by Crippen LogP contribution is 2.14. The van der Waals surface area contributed by atoms with Crippen LogP contribution in [-0.2, 0) is 22.5 Å². The zero-order chi connectivity index (χ0) is 18.7. The van der Waals surface area contributed by atoms with Gasteiger partial charge in [0.15, 0.2) is 5.82 Å². The summed E-state index contributed by atoms with van der Waals surface area (Å²) in [6.07, 6.45) is 0.123. The van der Waals surface area contributed by atoms with Crippen LogP contribution in [0.3, 0.4) is 0 Å². The van der Waals surface area contributed by atoms with Crippen molar-refractivity contribution in [3.63, 3.8) is 0 Å². The van der Waals surface area contributed by atoms with Crippen LogP contribution in [0.2, 0.25) is 0 Å². The standard InChI is InChI=1S/C17H22N4O5/c1-10-6-11(2)18-16(22)15(10)17(23)21-4-5-25-12(8-21)7-14-19-13(9-24-3)20-26-14/h6,12H,4-5,7-9H2,1-3H3,(H,18,22). The fourth-order valence-electron chi connectivity index (χ4n) is 3.06. The molecule has 1 atom stereocenters. The second-order valence-corrected chi connectivity index (χ2v) is 6.32. The molecule has 0 aliphatic carbocycles. The summed E-state index contributed by atoms with van der Waals surface area (Å²) in [5.74, 6) is 0.608. The van der Waals surface area contributed by atoms with E-state index in [1.165, 1.54) is 0 Å². The monoisotopic (exact) mass is 362 g/mol. The van der Waals surface area contributed by atoms with Crippen molar-refractivity contribution in [3.8, 4) is 0 Å². The number of hydrogen-bond donors (Lipinski definition) is 1. The van der Waals surface area contributed by atoms with E-state index in [4.69, 9.17) is 14.0 Å². The van der Waals surface area contributed by atoms with Gasteiger partial charge in [-0.15, -0.1) is 0 Å². The number of H-pyrrole nitrogens is 1. The molecule has 9 nitrogen and oxygen atoms in total. The number of ether oxygens (including phenoxy) is 2. The first-order valence-electron chi connectivity index (χ1n) is 8.39. The number of hydrogen-bond acceptors (Lipinski definition) is 7. The molecular formula is C17H22N4O5. The number of pyridine rings is 1. The van der Waals surface area contributed by atoms with Gasteiger partial charge in [0.1, 0.15) is 12.2 Å². The molecule has 1 aliphatic rings. The van der Waals surface area contributed by atoms with Crippen LogP contribution in [0.5, 0.6) is 0 Å². The zero-order valence-corrected chi connectivity index (χ0v) is 15.1. The van der Waals surface area contributed by atoms with Crippen molar-refractivity contribution in [3.05, 3.63) is 45.0 Å². The van der Waals surface area contributed by atoms with E-state index in [1.54, 1.807) is 31.9 Å². The first kappa shape index (κ1) is 18.3. The smallest absolute Gasteiger partial charge is 0.261 e. The molecule has 1 aliphatic heterocycles. The van der Waals surface area contributed by atoms with Gasteiger partial charge >= 0.3 is 0 Å². The van der Waals surface area contributed by atoms with Gasteiger partial charge in [-0.3, -0.25) is 9.59 Å². The first-order valence-corrected chi connectivity index (χ1v) is 8.39. The molecule has 2 aromatic rings.